The van der Waals surface area contributed by atoms with E-state index in [0.29, 0.717) is 18.1 Å². The van der Waals surface area contributed by atoms with Gasteiger partial charge in [-0.25, -0.2) is 9.13 Å². The van der Waals surface area contributed by atoms with Gasteiger partial charge in [-0.15, -0.1) is 0 Å². The van der Waals surface area contributed by atoms with Gasteiger partial charge in [0.15, 0.2) is 5.78 Å². The number of aromatic nitrogens is 2. The van der Waals surface area contributed by atoms with Gasteiger partial charge < -0.3 is 17.0 Å². The maximum atomic E-state index is 12.5. The molecule has 0 atom stereocenters. The van der Waals surface area contributed by atoms with Crippen LogP contribution in [-0.4, -0.2) is 15.3 Å². The molecule has 0 aliphatic carbocycles. The summed E-state index contributed by atoms with van der Waals surface area (Å²) >= 11 is 0. The first-order chi connectivity index (χ1) is 11.5. The Balaban J connectivity index is 0.00000225. The molecule has 0 unspecified atom stereocenters. The Bertz CT molecular complexity index is 935. The predicted octanol–water partition coefficient (Wildman–Crippen LogP) is -0.674. The van der Waals surface area contributed by atoms with Gasteiger partial charge in [0.2, 0.25) is 0 Å². The zero-order chi connectivity index (χ0) is 17.3. The second-order valence-corrected chi connectivity index (χ2v) is 5.40. The lowest BCUT2D eigenvalue weighted by Crippen LogP contribution is -3.00. The third-order valence-corrected chi connectivity index (χ3v) is 4.03. The zero-order valence-corrected chi connectivity index (χ0v) is 15.1. The summed E-state index contributed by atoms with van der Waals surface area (Å²) in [6, 6.07) is 13.3. The number of aryl methyl sites for hydroxylation is 1. The van der Waals surface area contributed by atoms with Gasteiger partial charge in [0.1, 0.15) is 17.6 Å². The van der Waals surface area contributed by atoms with Crippen LogP contribution in [0.1, 0.15) is 17.3 Å². The van der Waals surface area contributed by atoms with Crippen LogP contribution >= 0.6 is 0 Å². The number of nitrogen functional groups attached to an aromatic ring is 1. The SMILES string of the molecule is CCn1c(N)[n+](CC(=O)c2ccc([N+](=O)[O-])cc2)c2ccccc21.[Br-]. The van der Waals surface area contributed by atoms with Gasteiger partial charge in [0, 0.05) is 17.7 Å². The Morgan fingerprint density at radius 2 is 1.84 bits per heavy atom. The van der Waals surface area contributed by atoms with E-state index in [1.165, 1.54) is 24.3 Å². The topological polar surface area (TPSA) is 95.0 Å². The molecule has 7 nitrogen and oxygen atoms in total. The first-order valence-corrected chi connectivity index (χ1v) is 7.57. The van der Waals surface area contributed by atoms with Crippen LogP contribution in [0, 0.1) is 10.1 Å². The lowest BCUT2D eigenvalue weighted by molar-refractivity contribution is -0.642. The number of nitrogens with two attached hydrogens (primary N) is 1. The first-order valence-electron chi connectivity index (χ1n) is 7.57. The molecular weight excluding hydrogens is 388 g/mol. The van der Waals surface area contributed by atoms with Gasteiger partial charge in [0.25, 0.3) is 5.69 Å². The van der Waals surface area contributed by atoms with Gasteiger partial charge in [0.05, 0.1) is 11.5 Å². The number of carbonyl (C=O) groups excluding carboxylic acids is 1. The number of fused-ring (bicyclic) bond motifs is 1. The van der Waals surface area contributed by atoms with Crippen molar-refractivity contribution in [1.29, 1.82) is 0 Å². The number of hydrogen-bond donors (Lipinski definition) is 1. The maximum Gasteiger partial charge on any atom is 0.356 e. The summed E-state index contributed by atoms with van der Waals surface area (Å²) in [4.78, 5) is 22.7. The summed E-state index contributed by atoms with van der Waals surface area (Å²) in [5.74, 6) is 0.356. The first kappa shape index (κ1) is 18.6. The fraction of sp³-hybridized carbons (Fsp3) is 0.176. The fourth-order valence-corrected chi connectivity index (χ4v) is 2.82. The molecule has 1 heterocycles. The van der Waals surface area contributed by atoms with Crippen LogP contribution < -0.4 is 27.3 Å². The molecule has 0 saturated carbocycles. The van der Waals surface area contributed by atoms with Crippen molar-refractivity contribution in [1.82, 2.24) is 4.57 Å². The number of Topliss-reactive ketones (excluding diaryl/α,β-unsaturated/α-hetero) is 1. The minimum Gasteiger partial charge on any atom is -1.00 e. The zero-order valence-electron chi connectivity index (χ0n) is 13.6. The molecule has 0 aliphatic heterocycles. The summed E-state index contributed by atoms with van der Waals surface area (Å²) in [5.41, 5.74) is 8.43. The molecule has 0 radical (unpaired) electrons. The second-order valence-electron chi connectivity index (χ2n) is 5.40. The number of hydrogen-bond acceptors (Lipinski definition) is 4. The summed E-state index contributed by atoms with van der Waals surface area (Å²) in [6.45, 7) is 2.77. The van der Waals surface area contributed by atoms with E-state index >= 15 is 0 Å². The molecule has 1 aromatic heterocycles. The van der Waals surface area contributed by atoms with Gasteiger partial charge in [-0.1, -0.05) is 12.1 Å². The third-order valence-electron chi connectivity index (χ3n) is 4.03. The number of non-ortho nitro benzene ring substituents is 1. The lowest BCUT2D eigenvalue weighted by atomic mass is 10.1. The standard InChI is InChI=1S/C17H16N4O3.BrH/c1-2-19-14-5-3-4-6-15(14)20(17(19)18)11-16(22)12-7-9-13(10-8-12)21(23)24;/h3-10,18H,2,11H2,1H3;1H. The Kier molecular flexibility index (Phi) is 5.53. The molecule has 2 N–H and O–H groups in total. The van der Waals surface area contributed by atoms with Crippen LogP contribution in [0.3, 0.4) is 0 Å². The van der Waals surface area contributed by atoms with Crippen LogP contribution in [0.2, 0.25) is 0 Å². The molecule has 0 aliphatic rings. The molecular formula is C17H17BrN4O3. The molecule has 0 fully saturated rings. The Morgan fingerprint density at radius 3 is 2.44 bits per heavy atom. The molecule has 3 rings (SSSR count). The highest BCUT2D eigenvalue weighted by molar-refractivity contribution is 5.95. The number of carbonyl (C=O) groups is 1. The van der Waals surface area contributed by atoms with Crippen LogP contribution in [-0.2, 0) is 13.1 Å². The maximum absolute atomic E-state index is 12.5. The Hall–Kier alpha value is -2.74. The Morgan fingerprint density at radius 1 is 1.20 bits per heavy atom. The number of nitro benzene ring substituents is 1. The number of nitro groups is 1. The monoisotopic (exact) mass is 404 g/mol. The molecule has 3 aromatic rings. The number of benzene rings is 2. The average molecular weight is 405 g/mol. The quantitative estimate of drug-likeness (QED) is 0.264. The molecule has 8 heteroatoms. The predicted molar refractivity (Wildman–Crippen MR) is 89.6 cm³/mol. The number of imidazole rings is 1. The number of ketones is 1. The number of nitrogens with zero attached hydrogens (tertiary/aromatic N) is 3. The second kappa shape index (κ2) is 7.43. The lowest BCUT2D eigenvalue weighted by Gasteiger charge is -2.02. The van der Waals surface area contributed by atoms with Crippen molar-refractivity contribution in [2.24, 2.45) is 0 Å². The highest BCUT2D eigenvalue weighted by Gasteiger charge is 2.22. The Labute approximate surface area is 154 Å². The molecule has 0 saturated heterocycles. The van der Waals surface area contributed by atoms with Gasteiger partial charge in [-0.05, 0) is 31.2 Å². The van der Waals surface area contributed by atoms with Crippen molar-refractivity contribution in [2.45, 2.75) is 20.0 Å². The smallest absolute Gasteiger partial charge is 0.356 e. The molecule has 25 heavy (non-hydrogen) atoms. The minimum atomic E-state index is -0.490. The van der Waals surface area contributed by atoms with Gasteiger partial charge in [-0.2, -0.15) is 0 Å². The molecule has 2 aromatic carbocycles. The van der Waals surface area contributed by atoms with Crippen molar-refractivity contribution in [3.8, 4) is 0 Å². The van der Waals surface area contributed by atoms with Crippen LogP contribution in [0.25, 0.3) is 11.0 Å². The van der Waals surface area contributed by atoms with Gasteiger partial charge in [-0.3, -0.25) is 20.6 Å². The summed E-state index contributed by atoms with van der Waals surface area (Å²) in [6.07, 6.45) is 0. The number of anilines is 1. The van der Waals surface area contributed by atoms with E-state index in [1.54, 1.807) is 4.57 Å². The average Bonchev–Trinajstić information content (AvgIpc) is 2.86. The van der Waals surface area contributed by atoms with E-state index in [9.17, 15) is 14.9 Å². The van der Waals surface area contributed by atoms with Crippen molar-refractivity contribution in [3.05, 3.63) is 64.2 Å². The van der Waals surface area contributed by atoms with E-state index in [-0.39, 0.29) is 35.0 Å². The molecule has 0 amide bonds. The number of para-hydroxylation sites is 2. The van der Waals surface area contributed by atoms with Crippen molar-refractivity contribution in [2.75, 3.05) is 5.73 Å². The van der Waals surface area contributed by atoms with Crippen molar-refractivity contribution < 1.29 is 31.3 Å². The molecule has 0 bridgehead atoms. The van der Waals surface area contributed by atoms with Crippen molar-refractivity contribution in [3.63, 3.8) is 0 Å². The van der Waals surface area contributed by atoms with E-state index in [0.717, 1.165) is 11.0 Å². The van der Waals surface area contributed by atoms with Crippen LogP contribution in [0.15, 0.2) is 48.5 Å². The molecule has 130 valence electrons. The van der Waals surface area contributed by atoms with Crippen LogP contribution in [0.5, 0.6) is 0 Å². The van der Waals surface area contributed by atoms with E-state index in [1.807, 2.05) is 35.8 Å². The summed E-state index contributed by atoms with van der Waals surface area (Å²) in [5, 5.41) is 10.7. The highest BCUT2D eigenvalue weighted by atomic mass is 79.9. The van der Waals surface area contributed by atoms with Crippen molar-refractivity contribution >= 4 is 28.5 Å². The summed E-state index contributed by atoms with van der Waals surface area (Å²) < 4.78 is 3.71. The van der Waals surface area contributed by atoms with E-state index in [4.69, 9.17) is 5.73 Å². The summed E-state index contributed by atoms with van der Waals surface area (Å²) in [7, 11) is 0. The highest BCUT2D eigenvalue weighted by Crippen LogP contribution is 2.17. The van der Waals surface area contributed by atoms with Gasteiger partial charge >= 0.3 is 5.95 Å². The largest absolute Gasteiger partial charge is 1.00 e. The van der Waals surface area contributed by atoms with E-state index < -0.39 is 4.92 Å². The third kappa shape index (κ3) is 3.39. The fourth-order valence-electron chi connectivity index (χ4n) is 2.82. The number of halogens is 1. The normalized spacial score (nSPS) is 10.4. The van der Waals surface area contributed by atoms with Crippen LogP contribution in [0.4, 0.5) is 11.6 Å². The number of rotatable bonds is 5. The molecule has 0 spiro atoms. The minimum absolute atomic E-state index is 0. The van der Waals surface area contributed by atoms with E-state index in [2.05, 4.69) is 0 Å².